The second kappa shape index (κ2) is 4.08. The Hall–Kier alpha value is -2.04. The van der Waals surface area contributed by atoms with E-state index in [2.05, 4.69) is 4.98 Å². The van der Waals surface area contributed by atoms with E-state index in [1.807, 2.05) is 6.92 Å². The van der Waals surface area contributed by atoms with Crippen LogP contribution in [0, 0.1) is 5.82 Å². The van der Waals surface area contributed by atoms with E-state index in [4.69, 9.17) is 5.73 Å². The van der Waals surface area contributed by atoms with E-state index < -0.39 is 17.1 Å². The van der Waals surface area contributed by atoms with Gasteiger partial charge in [-0.2, -0.15) is 4.39 Å². The predicted octanol–water partition coefficient (Wildman–Crippen LogP) is 1.91. The number of H-pyrrole nitrogens is 1. The lowest BCUT2D eigenvalue weighted by Gasteiger charge is -2.10. The summed E-state index contributed by atoms with van der Waals surface area (Å²) in [7, 11) is 0. The number of benzene rings is 1. The predicted molar refractivity (Wildman–Crippen MR) is 64.6 cm³/mol. The monoisotopic (exact) mass is 236 g/mol. The summed E-state index contributed by atoms with van der Waals surface area (Å²) in [5.74, 6) is -1.79. The number of hydrogen-bond acceptors (Lipinski definition) is 3. The van der Waals surface area contributed by atoms with Crippen molar-refractivity contribution in [1.82, 2.24) is 4.98 Å². The molecule has 0 amide bonds. The Morgan fingerprint density at radius 3 is 2.82 bits per heavy atom. The minimum Gasteiger partial charge on any atom is -0.504 e. The number of aromatic nitrogens is 1. The van der Waals surface area contributed by atoms with Gasteiger partial charge in [-0.3, -0.25) is 4.79 Å². The van der Waals surface area contributed by atoms with Gasteiger partial charge < -0.3 is 15.8 Å². The van der Waals surface area contributed by atoms with Gasteiger partial charge in [0.15, 0.2) is 5.75 Å². The Bertz CT molecular complexity index is 634. The zero-order chi connectivity index (χ0) is 12.6. The fourth-order valence-corrected chi connectivity index (χ4v) is 1.95. The van der Waals surface area contributed by atoms with E-state index in [9.17, 15) is 14.3 Å². The van der Waals surface area contributed by atoms with E-state index in [-0.39, 0.29) is 0 Å². The number of aromatic amines is 1. The Labute approximate surface area is 96.9 Å². The third-order valence-electron chi connectivity index (χ3n) is 2.74. The highest BCUT2D eigenvalue weighted by atomic mass is 19.1. The van der Waals surface area contributed by atoms with Crippen LogP contribution in [0.25, 0.3) is 10.9 Å². The molecule has 1 aromatic carbocycles. The molecule has 4 N–H and O–H groups in total. The van der Waals surface area contributed by atoms with E-state index in [0.29, 0.717) is 28.6 Å². The molecule has 0 fully saturated rings. The second-order valence-electron chi connectivity index (χ2n) is 3.92. The van der Waals surface area contributed by atoms with Crippen LogP contribution in [0.2, 0.25) is 0 Å². The molecule has 4 nitrogen and oxygen atoms in total. The van der Waals surface area contributed by atoms with Gasteiger partial charge in [0.2, 0.25) is 5.82 Å². The lowest BCUT2D eigenvalue weighted by atomic mass is 10.0. The molecule has 0 radical (unpaired) electrons. The van der Waals surface area contributed by atoms with Crippen molar-refractivity contribution < 1.29 is 9.50 Å². The number of aromatic hydroxyl groups is 1. The van der Waals surface area contributed by atoms with Gasteiger partial charge in [-0.25, -0.2) is 0 Å². The van der Waals surface area contributed by atoms with Gasteiger partial charge in [0.05, 0.1) is 5.52 Å². The van der Waals surface area contributed by atoms with E-state index in [0.717, 1.165) is 6.42 Å². The molecular formula is C12H13FN2O2. The fourth-order valence-electron chi connectivity index (χ4n) is 1.95. The summed E-state index contributed by atoms with van der Waals surface area (Å²) < 4.78 is 13.4. The van der Waals surface area contributed by atoms with Crippen molar-refractivity contribution in [3.63, 3.8) is 0 Å². The van der Waals surface area contributed by atoms with Gasteiger partial charge in [0.1, 0.15) is 0 Å². The Morgan fingerprint density at radius 1 is 1.47 bits per heavy atom. The molecule has 2 aromatic rings. The normalized spacial score (nSPS) is 10.9. The Morgan fingerprint density at radius 2 is 2.18 bits per heavy atom. The lowest BCUT2D eigenvalue weighted by molar-refractivity contribution is 0.433. The molecule has 17 heavy (non-hydrogen) atoms. The molecule has 0 aliphatic carbocycles. The third kappa shape index (κ3) is 1.73. The summed E-state index contributed by atoms with van der Waals surface area (Å²) in [5, 5.41) is 10.0. The molecule has 2 rings (SSSR count). The number of nitrogens with one attached hydrogen (secondary N) is 1. The standard InChI is InChI=1S/C12H13FN2O2/c1-2-3-6-7(14)4-5-8-9(6)11(16)10(13)12(17)15-8/h4-5H,2-3,14H2,1H3,(H2,15,16,17). The molecule has 1 aromatic heterocycles. The SMILES string of the molecule is CCCc1c(N)ccc2[nH]c(=O)c(F)c(O)c12. The first-order chi connectivity index (χ1) is 8.06. The lowest BCUT2D eigenvalue weighted by Crippen LogP contribution is -2.11. The van der Waals surface area contributed by atoms with Gasteiger partial charge in [0, 0.05) is 11.1 Å². The van der Waals surface area contributed by atoms with Gasteiger partial charge in [-0.05, 0) is 24.1 Å². The van der Waals surface area contributed by atoms with E-state index in [1.54, 1.807) is 12.1 Å². The number of anilines is 1. The molecule has 0 aliphatic rings. The van der Waals surface area contributed by atoms with Crippen molar-refractivity contribution in [1.29, 1.82) is 0 Å². The van der Waals surface area contributed by atoms with Crippen molar-refractivity contribution in [2.24, 2.45) is 0 Å². The molecular weight excluding hydrogens is 223 g/mol. The molecule has 1 heterocycles. The smallest absolute Gasteiger partial charge is 0.288 e. The zero-order valence-electron chi connectivity index (χ0n) is 9.38. The zero-order valence-corrected chi connectivity index (χ0v) is 9.38. The number of halogens is 1. The van der Waals surface area contributed by atoms with Crippen molar-refractivity contribution in [2.75, 3.05) is 5.73 Å². The van der Waals surface area contributed by atoms with Crippen LogP contribution in [0.1, 0.15) is 18.9 Å². The van der Waals surface area contributed by atoms with Gasteiger partial charge in [0.25, 0.3) is 5.56 Å². The first-order valence-electron chi connectivity index (χ1n) is 5.38. The molecule has 0 unspecified atom stereocenters. The second-order valence-corrected chi connectivity index (χ2v) is 3.92. The summed E-state index contributed by atoms with van der Waals surface area (Å²) >= 11 is 0. The van der Waals surface area contributed by atoms with Crippen LogP contribution in [0.3, 0.4) is 0 Å². The minimum atomic E-state index is -1.17. The minimum absolute atomic E-state index is 0.295. The van der Waals surface area contributed by atoms with E-state index in [1.165, 1.54) is 0 Å². The number of pyridine rings is 1. The summed E-state index contributed by atoms with van der Waals surface area (Å²) in [6, 6.07) is 3.20. The van der Waals surface area contributed by atoms with Gasteiger partial charge in [-0.1, -0.05) is 13.3 Å². The first kappa shape index (κ1) is 11.4. The topological polar surface area (TPSA) is 79.1 Å². The maximum absolute atomic E-state index is 13.4. The largest absolute Gasteiger partial charge is 0.504 e. The molecule has 0 bridgehead atoms. The number of aryl methyl sites for hydroxylation is 1. The molecule has 5 heteroatoms. The highest BCUT2D eigenvalue weighted by Crippen LogP contribution is 2.31. The number of nitrogen functional groups attached to an aromatic ring is 1. The average Bonchev–Trinajstić information content (AvgIpc) is 2.30. The molecule has 0 spiro atoms. The van der Waals surface area contributed by atoms with Crippen LogP contribution in [-0.2, 0) is 6.42 Å². The van der Waals surface area contributed by atoms with Crippen LogP contribution in [0.5, 0.6) is 5.75 Å². The van der Waals surface area contributed by atoms with Crippen molar-refractivity contribution >= 4 is 16.6 Å². The van der Waals surface area contributed by atoms with Crippen LogP contribution >= 0.6 is 0 Å². The molecule has 0 saturated heterocycles. The summed E-state index contributed by atoms with van der Waals surface area (Å²) in [6.45, 7) is 1.96. The molecule has 90 valence electrons. The average molecular weight is 236 g/mol. The van der Waals surface area contributed by atoms with Crippen LogP contribution in [0.4, 0.5) is 10.1 Å². The molecule has 0 aliphatic heterocycles. The van der Waals surface area contributed by atoms with Crippen LogP contribution in [0.15, 0.2) is 16.9 Å². The number of rotatable bonds is 2. The van der Waals surface area contributed by atoms with Crippen molar-refractivity contribution in [2.45, 2.75) is 19.8 Å². The number of nitrogens with two attached hydrogens (primary N) is 1. The Kier molecular flexibility index (Phi) is 2.75. The quantitative estimate of drug-likeness (QED) is 0.697. The first-order valence-corrected chi connectivity index (χ1v) is 5.38. The third-order valence-corrected chi connectivity index (χ3v) is 2.74. The number of fused-ring (bicyclic) bond motifs is 1. The maximum atomic E-state index is 13.4. The fraction of sp³-hybridized carbons (Fsp3) is 0.250. The highest BCUT2D eigenvalue weighted by Gasteiger charge is 2.15. The Balaban J connectivity index is 2.92. The van der Waals surface area contributed by atoms with Crippen molar-refractivity contribution in [3.05, 3.63) is 33.9 Å². The highest BCUT2D eigenvalue weighted by molar-refractivity contribution is 5.91. The van der Waals surface area contributed by atoms with Crippen LogP contribution in [-0.4, -0.2) is 10.1 Å². The number of hydrogen-bond donors (Lipinski definition) is 3. The molecule has 0 saturated carbocycles. The maximum Gasteiger partial charge on any atom is 0.288 e. The van der Waals surface area contributed by atoms with Crippen molar-refractivity contribution in [3.8, 4) is 5.75 Å². The van der Waals surface area contributed by atoms with E-state index >= 15 is 0 Å². The summed E-state index contributed by atoms with van der Waals surface area (Å²) in [5.41, 5.74) is 6.42. The molecule has 0 atom stereocenters. The van der Waals surface area contributed by atoms with Crippen LogP contribution < -0.4 is 11.3 Å². The summed E-state index contributed by atoms with van der Waals surface area (Å²) in [6.07, 6.45) is 1.42. The van der Waals surface area contributed by atoms with Gasteiger partial charge in [-0.15, -0.1) is 0 Å². The summed E-state index contributed by atoms with van der Waals surface area (Å²) in [4.78, 5) is 13.6. The van der Waals surface area contributed by atoms with Gasteiger partial charge >= 0.3 is 0 Å².